The Labute approximate surface area is 84.0 Å². The highest BCUT2D eigenvalue weighted by Crippen LogP contribution is 2.24. The summed E-state index contributed by atoms with van der Waals surface area (Å²) in [5.74, 6) is 0.126. The molecule has 0 amide bonds. The molecule has 5 atom stereocenters. The number of rotatable bonds is 2. The van der Waals surface area contributed by atoms with E-state index < -0.39 is 24.4 Å². The number of aliphatic hydroxyl groups is 2. The molecule has 0 saturated carbocycles. The lowest BCUT2D eigenvalue weighted by molar-refractivity contribution is -0.188. The minimum absolute atomic E-state index is 0.126. The molecule has 1 aliphatic rings. The summed E-state index contributed by atoms with van der Waals surface area (Å²) < 4.78 is 5.53. The van der Waals surface area contributed by atoms with Crippen molar-refractivity contribution < 1.29 is 14.9 Å². The molecule has 6 N–H and O–H groups in total. The van der Waals surface area contributed by atoms with Gasteiger partial charge in [-0.3, -0.25) is 0 Å². The molecule has 5 unspecified atom stereocenters. The zero-order valence-electron chi connectivity index (χ0n) is 8.63. The maximum Gasteiger partial charge on any atom is 0.108 e. The van der Waals surface area contributed by atoms with E-state index in [9.17, 15) is 10.2 Å². The molecule has 1 fully saturated rings. The highest BCUT2D eigenvalue weighted by Gasteiger charge is 2.42. The molecular formula is C9H20N2O3. The zero-order valence-corrected chi connectivity index (χ0v) is 8.63. The molecule has 1 aliphatic heterocycles. The van der Waals surface area contributed by atoms with Crippen LogP contribution in [0.3, 0.4) is 0 Å². The Morgan fingerprint density at radius 2 is 1.86 bits per heavy atom. The molecule has 0 aromatic heterocycles. The summed E-state index contributed by atoms with van der Waals surface area (Å²) in [7, 11) is 0. The second-order valence-corrected chi connectivity index (χ2v) is 4.18. The van der Waals surface area contributed by atoms with Crippen molar-refractivity contribution in [3.63, 3.8) is 0 Å². The van der Waals surface area contributed by atoms with Crippen molar-refractivity contribution in [1.82, 2.24) is 0 Å². The Kier molecular flexibility index (Phi) is 3.86. The van der Waals surface area contributed by atoms with Crippen LogP contribution in [0.5, 0.6) is 0 Å². The van der Waals surface area contributed by atoms with Crippen LogP contribution < -0.4 is 11.5 Å². The highest BCUT2D eigenvalue weighted by molar-refractivity contribution is 4.95. The molecule has 1 rings (SSSR count). The van der Waals surface area contributed by atoms with Gasteiger partial charge in [-0.05, 0) is 5.92 Å². The summed E-state index contributed by atoms with van der Waals surface area (Å²) in [6.45, 7) is 4.10. The van der Waals surface area contributed by atoms with E-state index in [1.165, 1.54) is 0 Å². The number of hydrogen-bond acceptors (Lipinski definition) is 5. The van der Waals surface area contributed by atoms with Crippen LogP contribution in [-0.2, 0) is 4.74 Å². The van der Waals surface area contributed by atoms with E-state index in [-0.39, 0.29) is 18.6 Å². The van der Waals surface area contributed by atoms with Crippen molar-refractivity contribution in [2.24, 2.45) is 17.4 Å². The second-order valence-electron chi connectivity index (χ2n) is 4.18. The van der Waals surface area contributed by atoms with Gasteiger partial charge in [0.15, 0.2) is 0 Å². The van der Waals surface area contributed by atoms with Gasteiger partial charge in [-0.1, -0.05) is 13.8 Å². The predicted molar refractivity (Wildman–Crippen MR) is 52.5 cm³/mol. The topological polar surface area (TPSA) is 102 Å². The maximum absolute atomic E-state index is 9.70. The molecule has 0 bridgehead atoms. The summed E-state index contributed by atoms with van der Waals surface area (Å²) in [4.78, 5) is 0. The van der Waals surface area contributed by atoms with Gasteiger partial charge in [0.2, 0.25) is 0 Å². The van der Waals surface area contributed by atoms with Gasteiger partial charge in [0, 0.05) is 6.54 Å². The van der Waals surface area contributed by atoms with E-state index in [4.69, 9.17) is 16.2 Å². The highest BCUT2D eigenvalue weighted by atomic mass is 16.5. The molecule has 0 spiro atoms. The fourth-order valence-electron chi connectivity index (χ4n) is 1.78. The van der Waals surface area contributed by atoms with E-state index in [1.54, 1.807) is 0 Å². The first-order valence-electron chi connectivity index (χ1n) is 4.96. The second kappa shape index (κ2) is 4.55. The molecule has 5 heteroatoms. The van der Waals surface area contributed by atoms with E-state index in [2.05, 4.69) is 0 Å². The lowest BCUT2D eigenvalue weighted by Crippen LogP contribution is -2.63. The van der Waals surface area contributed by atoms with Gasteiger partial charge in [-0.2, -0.15) is 0 Å². The Bertz CT molecular complexity index is 187. The van der Waals surface area contributed by atoms with Crippen LogP contribution in [-0.4, -0.2) is 47.2 Å². The standard InChI is InChI=1S/C9H20N2O3/c1-4(2)9-8(13)7(12)6(11)5(3-10)14-9/h4-9,12-13H,3,10-11H2,1-2H3. The average molecular weight is 204 g/mol. The van der Waals surface area contributed by atoms with Crippen molar-refractivity contribution >= 4 is 0 Å². The first kappa shape index (κ1) is 11.9. The van der Waals surface area contributed by atoms with Crippen molar-refractivity contribution in [2.45, 2.75) is 44.3 Å². The van der Waals surface area contributed by atoms with Crippen LogP contribution >= 0.6 is 0 Å². The molecular weight excluding hydrogens is 184 g/mol. The van der Waals surface area contributed by atoms with Crippen LogP contribution in [0.2, 0.25) is 0 Å². The fraction of sp³-hybridized carbons (Fsp3) is 1.00. The SMILES string of the molecule is CC(C)C1OC(CN)C(N)C(O)C1O. The van der Waals surface area contributed by atoms with Gasteiger partial charge in [-0.15, -0.1) is 0 Å². The molecule has 84 valence electrons. The lowest BCUT2D eigenvalue weighted by Gasteiger charge is -2.42. The van der Waals surface area contributed by atoms with Crippen molar-refractivity contribution in [3.05, 3.63) is 0 Å². The van der Waals surface area contributed by atoms with Gasteiger partial charge in [0.1, 0.15) is 12.2 Å². The Hall–Kier alpha value is -0.200. The van der Waals surface area contributed by atoms with Gasteiger partial charge in [-0.25, -0.2) is 0 Å². The summed E-state index contributed by atoms with van der Waals surface area (Å²) in [6, 6.07) is -0.606. The molecule has 0 aliphatic carbocycles. The van der Waals surface area contributed by atoms with E-state index >= 15 is 0 Å². The number of hydrogen-bond donors (Lipinski definition) is 4. The smallest absolute Gasteiger partial charge is 0.108 e. The molecule has 14 heavy (non-hydrogen) atoms. The largest absolute Gasteiger partial charge is 0.389 e. The molecule has 1 saturated heterocycles. The molecule has 0 radical (unpaired) electrons. The van der Waals surface area contributed by atoms with Crippen molar-refractivity contribution in [1.29, 1.82) is 0 Å². The Morgan fingerprint density at radius 1 is 1.29 bits per heavy atom. The van der Waals surface area contributed by atoms with Crippen molar-refractivity contribution in [3.8, 4) is 0 Å². The summed E-state index contributed by atoms with van der Waals surface area (Å²) in [5, 5.41) is 19.4. The third-order valence-corrected chi connectivity index (χ3v) is 2.73. The van der Waals surface area contributed by atoms with Crippen molar-refractivity contribution in [2.75, 3.05) is 6.54 Å². The van der Waals surface area contributed by atoms with Gasteiger partial charge in [0.05, 0.1) is 18.2 Å². The fourth-order valence-corrected chi connectivity index (χ4v) is 1.78. The first-order valence-corrected chi connectivity index (χ1v) is 4.96. The maximum atomic E-state index is 9.70. The molecule has 1 heterocycles. The number of aliphatic hydroxyl groups excluding tert-OH is 2. The zero-order chi connectivity index (χ0) is 10.9. The Balaban J connectivity index is 2.73. The average Bonchev–Trinajstić information content (AvgIpc) is 2.14. The lowest BCUT2D eigenvalue weighted by atomic mass is 9.88. The molecule has 5 nitrogen and oxygen atoms in total. The normalized spacial score (nSPS) is 44.4. The van der Waals surface area contributed by atoms with Gasteiger partial charge >= 0.3 is 0 Å². The molecule has 0 aromatic carbocycles. The third-order valence-electron chi connectivity index (χ3n) is 2.73. The van der Waals surface area contributed by atoms with Crippen LogP contribution in [0.25, 0.3) is 0 Å². The quantitative estimate of drug-likeness (QED) is 0.435. The third kappa shape index (κ3) is 2.07. The van der Waals surface area contributed by atoms with Crippen LogP contribution in [0.15, 0.2) is 0 Å². The van der Waals surface area contributed by atoms with E-state index in [1.807, 2.05) is 13.8 Å². The van der Waals surface area contributed by atoms with E-state index in [0.717, 1.165) is 0 Å². The number of nitrogens with two attached hydrogens (primary N) is 2. The predicted octanol–water partition coefficient (Wildman–Crippen LogP) is -1.58. The summed E-state index contributed by atoms with van der Waals surface area (Å²) >= 11 is 0. The monoisotopic (exact) mass is 204 g/mol. The minimum atomic E-state index is -0.954. The van der Waals surface area contributed by atoms with Crippen LogP contribution in [0.1, 0.15) is 13.8 Å². The van der Waals surface area contributed by atoms with E-state index in [0.29, 0.717) is 0 Å². The van der Waals surface area contributed by atoms with Crippen LogP contribution in [0, 0.1) is 5.92 Å². The molecule has 0 aromatic rings. The van der Waals surface area contributed by atoms with Gasteiger partial charge in [0.25, 0.3) is 0 Å². The number of ether oxygens (including phenoxy) is 1. The summed E-state index contributed by atoms with van der Waals surface area (Å²) in [6.07, 6.45) is -2.64. The first-order chi connectivity index (χ1) is 6.49. The minimum Gasteiger partial charge on any atom is -0.389 e. The van der Waals surface area contributed by atoms with Crippen LogP contribution in [0.4, 0.5) is 0 Å². The Morgan fingerprint density at radius 3 is 2.29 bits per heavy atom. The van der Waals surface area contributed by atoms with Gasteiger partial charge < -0.3 is 26.4 Å². The summed E-state index contributed by atoms with van der Waals surface area (Å²) in [5.41, 5.74) is 11.1.